The van der Waals surface area contributed by atoms with Crippen LogP contribution in [0.25, 0.3) is 5.69 Å². The second kappa shape index (κ2) is 6.11. The van der Waals surface area contributed by atoms with Gasteiger partial charge in [-0.15, -0.1) is 0 Å². The first-order valence-electron chi connectivity index (χ1n) is 8.75. The summed E-state index contributed by atoms with van der Waals surface area (Å²) < 4.78 is 1.30. The van der Waals surface area contributed by atoms with Gasteiger partial charge in [-0.3, -0.25) is 9.59 Å². The van der Waals surface area contributed by atoms with Crippen LogP contribution in [0.4, 0.5) is 0 Å². The molecule has 0 atom stereocenters. The molecule has 2 aliphatic rings. The molecular formula is C19H22N4O2. The lowest BCUT2D eigenvalue weighted by Gasteiger charge is -2.56. The Morgan fingerprint density at radius 3 is 2.32 bits per heavy atom. The topological polar surface area (TPSA) is 58.4 Å². The van der Waals surface area contributed by atoms with Gasteiger partial charge >= 0.3 is 0 Å². The minimum Gasteiger partial charge on any atom is -0.331 e. The van der Waals surface area contributed by atoms with Crippen LogP contribution >= 0.6 is 0 Å². The van der Waals surface area contributed by atoms with Crippen molar-refractivity contribution < 1.29 is 4.79 Å². The Morgan fingerprint density at radius 1 is 1.00 bits per heavy atom. The summed E-state index contributed by atoms with van der Waals surface area (Å²) in [5.74, 6) is -0.0690. The van der Waals surface area contributed by atoms with Gasteiger partial charge in [-0.05, 0) is 44.5 Å². The van der Waals surface area contributed by atoms with Gasteiger partial charge in [-0.1, -0.05) is 18.2 Å². The van der Waals surface area contributed by atoms with E-state index in [1.165, 1.54) is 10.7 Å². The first-order chi connectivity index (χ1) is 12.1. The molecular weight excluding hydrogens is 316 g/mol. The highest BCUT2D eigenvalue weighted by Crippen LogP contribution is 2.40. The van der Waals surface area contributed by atoms with Crippen LogP contribution in [0.2, 0.25) is 0 Å². The van der Waals surface area contributed by atoms with Gasteiger partial charge in [-0.25, -0.2) is 0 Å². The van der Waals surface area contributed by atoms with E-state index in [4.69, 9.17) is 0 Å². The Bertz CT molecular complexity index is 838. The lowest BCUT2D eigenvalue weighted by atomic mass is 9.76. The Morgan fingerprint density at radius 2 is 1.68 bits per heavy atom. The molecule has 0 unspecified atom stereocenters. The summed E-state index contributed by atoms with van der Waals surface area (Å²) >= 11 is 0. The summed E-state index contributed by atoms with van der Waals surface area (Å²) in [6.45, 7) is 2.80. The number of hydrogen-bond acceptors (Lipinski definition) is 4. The van der Waals surface area contributed by atoms with E-state index in [0.29, 0.717) is 11.4 Å². The van der Waals surface area contributed by atoms with Gasteiger partial charge in [0.2, 0.25) is 0 Å². The summed E-state index contributed by atoms with van der Waals surface area (Å²) in [5, 5.41) is 4.34. The van der Waals surface area contributed by atoms with E-state index in [0.717, 1.165) is 38.9 Å². The maximum atomic E-state index is 13.0. The van der Waals surface area contributed by atoms with E-state index < -0.39 is 0 Å². The molecule has 130 valence electrons. The molecule has 3 heterocycles. The third kappa shape index (κ3) is 2.76. The minimum absolute atomic E-state index is 0.0149. The molecule has 0 aliphatic carbocycles. The predicted octanol–water partition coefficient (Wildman–Crippen LogP) is 1.54. The van der Waals surface area contributed by atoms with E-state index in [1.54, 1.807) is 6.07 Å². The van der Waals surface area contributed by atoms with E-state index in [-0.39, 0.29) is 17.0 Å². The van der Waals surface area contributed by atoms with Gasteiger partial charge in [0.05, 0.1) is 5.69 Å². The van der Waals surface area contributed by atoms with Gasteiger partial charge in [-0.2, -0.15) is 9.78 Å². The Labute approximate surface area is 146 Å². The molecule has 1 aromatic carbocycles. The monoisotopic (exact) mass is 338 g/mol. The molecule has 6 heteroatoms. The zero-order chi connectivity index (χ0) is 17.4. The Balaban J connectivity index is 1.62. The molecule has 1 aromatic heterocycles. The number of piperidine rings is 1. The fourth-order valence-electron chi connectivity index (χ4n) is 3.83. The Hall–Kier alpha value is -2.47. The minimum atomic E-state index is -0.236. The van der Waals surface area contributed by atoms with E-state index in [2.05, 4.69) is 17.0 Å². The molecule has 2 aliphatic heterocycles. The van der Waals surface area contributed by atoms with Crippen molar-refractivity contribution in [3.63, 3.8) is 0 Å². The van der Waals surface area contributed by atoms with Gasteiger partial charge < -0.3 is 9.80 Å². The number of amides is 1. The molecule has 2 saturated heterocycles. The quantitative estimate of drug-likeness (QED) is 0.833. The molecule has 0 N–H and O–H groups in total. The van der Waals surface area contributed by atoms with Gasteiger partial charge in [0.25, 0.3) is 11.5 Å². The average molecular weight is 338 g/mol. The second-order valence-corrected chi connectivity index (χ2v) is 7.04. The van der Waals surface area contributed by atoms with Crippen LogP contribution in [-0.4, -0.2) is 57.7 Å². The molecule has 25 heavy (non-hydrogen) atoms. The molecule has 0 bridgehead atoms. The van der Waals surface area contributed by atoms with Gasteiger partial charge in [0.15, 0.2) is 0 Å². The van der Waals surface area contributed by atoms with Crippen molar-refractivity contribution in [2.75, 3.05) is 26.7 Å². The van der Waals surface area contributed by atoms with Crippen LogP contribution < -0.4 is 5.56 Å². The van der Waals surface area contributed by atoms with Gasteiger partial charge in [0, 0.05) is 31.2 Å². The summed E-state index contributed by atoms with van der Waals surface area (Å²) in [6.07, 6.45) is 3.08. The standard InChI is InChI=1S/C19H22N4O2/c1-21-12-9-19(10-13-21)11-14-22(19)18(25)16-7-8-17(24)23(20-16)15-5-3-2-4-6-15/h2-8H,9-14H2,1H3. The number of hydrogen-bond donors (Lipinski definition) is 0. The summed E-state index contributed by atoms with van der Waals surface area (Å²) in [7, 11) is 2.12. The number of carbonyl (C=O) groups is 1. The second-order valence-electron chi connectivity index (χ2n) is 7.04. The SMILES string of the molecule is CN1CCC2(CC1)CCN2C(=O)c1ccc(=O)n(-c2ccccc2)n1. The number of likely N-dealkylation sites (tertiary alicyclic amines) is 2. The van der Waals surface area contributed by atoms with Crippen LogP contribution in [0, 0.1) is 0 Å². The van der Waals surface area contributed by atoms with Crippen molar-refractivity contribution in [2.24, 2.45) is 0 Å². The lowest BCUT2D eigenvalue weighted by Crippen LogP contribution is -2.65. The zero-order valence-corrected chi connectivity index (χ0v) is 14.4. The largest absolute Gasteiger partial charge is 0.331 e. The molecule has 1 amide bonds. The van der Waals surface area contributed by atoms with Crippen molar-refractivity contribution in [3.05, 3.63) is 58.5 Å². The van der Waals surface area contributed by atoms with E-state index >= 15 is 0 Å². The molecule has 4 rings (SSSR count). The van der Waals surface area contributed by atoms with Crippen LogP contribution in [0.3, 0.4) is 0 Å². The van der Waals surface area contributed by atoms with Crippen LogP contribution in [0.15, 0.2) is 47.3 Å². The van der Waals surface area contributed by atoms with Crippen molar-refractivity contribution >= 4 is 5.91 Å². The highest BCUT2D eigenvalue weighted by molar-refractivity contribution is 5.93. The van der Waals surface area contributed by atoms with Crippen molar-refractivity contribution in [3.8, 4) is 5.69 Å². The summed E-state index contributed by atoms with van der Waals surface area (Å²) in [6, 6.07) is 12.2. The third-order valence-corrected chi connectivity index (χ3v) is 5.56. The number of nitrogens with zero attached hydrogens (tertiary/aromatic N) is 4. The number of carbonyl (C=O) groups excluding carboxylic acids is 1. The normalized spacial score (nSPS) is 19.6. The van der Waals surface area contributed by atoms with E-state index in [9.17, 15) is 9.59 Å². The number of aromatic nitrogens is 2. The molecule has 2 fully saturated rings. The van der Waals surface area contributed by atoms with Crippen molar-refractivity contribution in [1.82, 2.24) is 19.6 Å². The molecule has 1 spiro atoms. The molecule has 0 saturated carbocycles. The number of benzene rings is 1. The lowest BCUT2D eigenvalue weighted by molar-refractivity contribution is -0.0355. The number of rotatable bonds is 2. The predicted molar refractivity (Wildman–Crippen MR) is 94.9 cm³/mol. The van der Waals surface area contributed by atoms with Crippen LogP contribution in [0.5, 0.6) is 0 Å². The fraction of sp³-hybridized carbons (Fsp3) is 0.421. The molecule has 6 nitrogen and oxygen atoms in total. The first kappa shape index (κ1) is 16.0. The summed E-state index contributed by atoms with van der Waals surface area (Å²) in [5.41, 5.74) is 0.750. The third-order valence-electron chi connectivity index (χ3n) is 5.56. The fourth-order valence-corrected chi connectivity index (χ4v) is 3.83. The van der Waals surface area contributed by atoms with E-state index in [1.807, 2.05) is 35.2 Å². The van der Waals surface area contributed by atoms with Gasteiger partial charge in [0.1, 0.15) is 5.69 Å². The number of para-hydroxylation sites is 1. The van der Waals surface area contributed by atoms with Crippen molar-refractivity contribution in [1.29, 1.82) is 0 Å². The maximum absolute atomic E-state index is 13.0. The molecule has 2 aromatic rings. The Kier molecular flexibility index (Phi) is 3.92. The first-order valence-corrected chi connectivity index (χ1v) is 8.75. The highest BCUT2D eigenvalue weighted by Gasteiger charge is 2.48. The maximum Gasteiger partial charge on any atom is 0.274 e. The smallest absolute Gasteiger partial charge is 0.274 e. The van der Waals surface area contributed by atoms with Crippen LogP contribution in [0.1, 0.15) is 29.8 Å². The van der Waals surface area contributed by atoms with Crippen molar-refractivity contribution in [2.45, 2.75) is 24.8 Å². The average Bonchev–Trinajstić information content (AvgIpc) is 2.62. The summed E-state index contributed by atoms with van der Waals surface area (Å²) in [4.78, 5) is 29.4. The highest BCUT2D eigenvalue weighted by atomic mass is 16.2. The van der Waals surface area contributed by atoms with Crippen LogP contribution in [-0.2, 0) is 0 Å². The molecule has 0 radical (unpaired) electrons. The zero-order valence-electron chi connectivity index (χ0n) is 14.4.